The normalized spacial score (nSPS) is 10.8. The number of nitrogens with zero attached hydrogens (tertiary/aromatic N) is 1. The van der Waals surface area contributed by atoms with Gasteiger partial charge in [-0.3, -0.25) is 0 Å². The topological polar surface area (TPSA) is 26.0 Å². The lowest BCUT2D eigenvalue weighted by Gasteiger charge is -1.99. The van der Waals surface area contributed by atoms with Crippen molar-refractivity contribution in [2.45, 2.75) is 5.88 Å². The van der Waals surface area contributed by atoms with Crippen LogP contribution >= 0.6 is 11.6 Å². The third-order valence-corrected chi connectivity index (χ3v) is 2.27. The van der Waals surface area contributed by atoms with Gasteiger partial charge in [-0.1, -0.05) is 5.16 Å². The summed E-state index contributed by atoms with van der Waals surface area (Å²) >= 11 is 5.46. The summed E-state index contributed by atoms with van der Waals surface area (Å²) in [5.74, 6) is -3.69. The predicted molar refractivity (Wildman–Crippen MR) is 51.4 cm³/mol. The summed E-state index contributed by atoms with van der Waals surface area (Å²) in [7, 11) is 0. The molecule has 2 nitrogen and oxygen atoms in total. The highest BCUT2D eigenvalue weighted by atomic mass is 35.5. The molecular weight excluding hydrogens is 243 g/mol. The van der Waals surface area contributed by atoms with Crippen molar-refractivity contribution in [1.82, 2.24) is 5.16 Å². The molecule has 0 saturated heterocycles. The Labute approximate surface area is 93.6 Å². The van der Waals surface area contributed by atoms with Crippen LogP contribution in [-0.4, -0.2) is 5.16 Å². The van der Waals surface area contributed by atoms with Gasteiger partial charge in [-0.15, -0.1) is 11.6 Å². The molecule has 0 amide bonds. The lowest BCUT2D eigenvalue weighted by Crippen LogP contribution is -1.93. The van der Waals surface area contributed by atoms with E-state index in [0.717, 1.165) is 12.1 Å². The molecule has 0 aliphatic heterocycles. The molecule has 1 heterocycles. The largest absolute Gasteiger partial charge is 0.359 e. The van der Waals surface area contributed by atoms with E-state index in [2.05, 4.69) is 5.16 Å². The molecule has 1 aromatic heterocycles. The quantitative estimate of drug-likeness (QED) is 0.600. The second-order valence-corrected chi connectivity index (χ2v) is 3.30. The van der Waals surface area contributed by atoms with E-state index < -0.39 is 17.5 Å². The van der Waals surface area contributed by atoms with Gasteiger partial charge in [-0.2, -0.15) is 0 Å². The summed E-state index contributed by atoms with van der Waals surface area (Å²) in [5, 5.41) is 3.50. The van der Waals surface area contributed by atoms with Gasteiger partial charge in [0.05, 0.1) is 5.88 Å². The molecule has 6 heteroatoms. The van der Waals surface area contributed by atoms with Crippen molar-refractivity contribution in [3.63, 3.8) is 0 Å². The van der Waals surface area contributed by atoms with Crippen molar-refractivity contribution in [1.29, 1.82) is 0 Å². The first-order valence-electron chi connectivity index (χ1n) is 4.29. The van der Waals surface area contributed by atoms with E-state index in [1.54, 1.807) is 0 Å². The van der Waals surface area contributed by atoms with Gasteiger partial charge in [0.2, 0.25) is 0 Å². The minimum absolute atomic E-state index is 0.0678. The number of rotatable bonds is 2. The number of hydrogen-bond acceptors (Lipinski definition) is 2. The zero-order valence-corrected chi connectivity index (χ0v) is 8.56. The fourth-order valence-corrected chi connectivity index (χ4v) is 1.35. The molecule has 0 unspecified atom stereocenters. The van der Waals surface area contributed by atoms with Crippen LogP contribution in [0.1, 0.15) is 5.76 Å². The highest BCUT2D eigenvalue weighted by molar-refractivity contribution is 6.16. The summed E-state index contributed by atoms with van der Waals surface area (Å²) in [6, 6.07) is 3.27. The SMILES string of the molecule is Fc1ccc(-c2cc(CCl)on2)c(F)c1F. The van der Waals surface area contributed by atoms with E-state index in [1.807, 2.05) is 0 Å². The molecule has 0 N–H and O–H groups in total. The van der Waals surface area contributed by atoms with Gasteiger partial charge < -0.3 is 4.52 Å². The summed E-state index contributed by atoms with van der Waals surface area (Å²) in [4.78, 5) is 0. The lowest BCUT2D eigenvalue weighted by atomic mass is 10.1. The molecule has 84 valence electrons. The van der Waals surface area contributed by atoms with Crippen LogP contribution in [-0.2, 0) is 5.88 Å². The van der Waals surface area contributed by atoms with Crippen LogP contribution in [0.2, 0.25) is 0 Å². The highest BCUT2D eigenvalue weighted by Gasteiger charge is 2.17. The molecule has 0 atom stereocenters. The Morgan fingerprint density at radius 3 is 2.56 bits per heavy atom. The van der Waals surface area contributed by atoms with Gasteiger partial charge in [-0.25, -0.2) is 13.2 Å². The molecule has 0 aliphatic carbocycles. The lowest BCUT2D eigenvalue weighted by molar-refractivity contribution is 0.395. The van der Waals surface area contributed by atoms with Crippen LogP contribution in [0.3, 0.4) is 0 Å². The first-order chi connectivity index (χ1) is 7.63. The summed E-state index contributed by atoms with van der Waals surface area (Å²) in [6.45, 7) is 0. The molecule has 2 rings (SSSR count). The maximum Gasteiger partial charge on any atom is 0.195 e. The average molecular weight is 248 g/mol. The number of benzene rings is 1. The van der Waals surface area contributed by atoms with Crippen molar-refractivity contribution < 1.29 is 17.7 Å². The third-order valence-electron chi connectivity index (χ3n) is 2.00. The number of hydrogen-bond donors (Lipinski definition) is 0. The molecule has 0 bridgehead atoms. The maximum atomic E-state index is 13.3. The van der Waals surface area contributed by atoms with Crippen molar-refractivity contribution in [2.24, 2.45) is 0 Å². The monoisotopic (exact) mass is 247 g/mol. The van der Waals surface area contributed by atoms with E-state index in [1.165, 1.54) is 6.07 Å². The Morgan fingerprint density at radius 2 is 1.94 bits per heavy atom. The second kappa shape index (κ2) is 4.17. The van der Waals surface area contributed by atoms with Crippen molar-refractivity contribution in [3.8, 4) is 11.3 Å². The van der Waals surface area contributed by atoms with Crippen LogP contribution in [0.4, 0.5) is 13.2 Å². The van der Waals surface area contributed by atoms with Crippen molar-refractivity contribution >= 4 is 11.6 Å². The van der Waals surface area contributed by atoms with Crippen LogP contribution in [0.5, 0.6) is 0 Å². The maximum absolute atomic E-state index is 13.3. The third kappa shape index (κ3) is 1.78. The predicted octanol–water partition coefficient (Wildman–Crippen LogP) is 3.50. The fraction of sp³-hybridized carbons (Fsp3) is 0.100. The van der Waals surface area contributed by atoms with Gasteiger partial charge in [-0.05, 0) is 12.1 Å². The van der Waals surface area contributed by atoms with E-state index >= 15 is 0 Å². The number of alkyl halides is 1. The van der Waals surface area contributed by atoms with E-state index in [9.17, 15) is 13.2 Å². The molecular formula is C10H5ClF3NO. The second-order valence-electron chi connectivity index (χ2n) is 3.04. The standard InChI is InChI=1S/C10H5ClF3NO/c11-4-5-3-8(15-16-5)6-1-2-7(12)10(14)9(6)13/h1-3H,4H2. The minimum Gasteiger partial charge on any atom is -0.359 e. The molecule has 0 fully saturated rings. The Hall–Kier alpha value is -1.49. The van der Waals surface area contributed by atoms with Gasteiger partial charge in [0.15, 0.2) is 23.2 Å². The van der Waals surface area contributed by atoms with Crippen LogP contribution in [0.25, 0.3) is 11.3 Å². The smallest absolute Gasteiger partial charge is 0.195 e. The van der Waals surface area contributed by atoms with E-state index in [-0.39, 0.29) is 17.1 Å². The molecule has 1 aromatic carbocycles. The number of halogens is 4. The molecule has 0 saturated carbocycles. The van der Waals surface area contributed by atoms with E-state index in [0.29, 0.717) is 5.76 Å². The fourth-order valence-electron chi connectivity index (χ4n) is 1.23. The summed E-state index contributed by atoms with van der Waals surface area (Å²) < 4.78 is 43.7. The average Bonchev–Trinajstić information content (AvgIpc) is 2.74. The molecule has 0 aliphatic rings. The van der Waals surface area contributed by atoms with Crippen molar-refractivity contribution in [3.05, 3.63) is 41.4 Å². The molecule has 16 heavy (non-hydrogen) atoms. The first kappa shape index (κ1) is 11.0. The van der Waals surface area contributed by atoms with Crippen LogP contribution in [0, 0.1) is 17.5 Å². The highest BCUT2D eigenvalue weighted by Crippen LogP contribution is 2.25. The Bertz CT molecular complexity index is 527. The van der Waals surface area contributed by atoms with Gasteiger partial charge in [0, 0.05) is 11.6 Å². The Balaban J connectivity index is 2.52. The zero-order chi connectivity index (χ0) is 11.7. The molecule has 0 radical (unpaired) electrons. The summed E-state index contributed by atoms with van der Waals surface area (Å²) in [6.07, 6.45) is 0. The Kier molecular flexibility index (Phi) is 2.87. The minimum atomic E-state index is -1.53. The van der Waals surface area contributed by atoms with Gasteiger partial charge in [0.25, 0.3) is 0 Å². The van der Waals surface area contributed by atoms with E-state index in [4.69, 9.17) is 16.1 Å². The van der Waals surface area contributed by atoms with Crippen molar-refractivity contribution in [2.75, 3.05) is 0 Å². The van der Waals surface area contributed by atoms with Gasteiger partial charge in [0.1, 0.15) is 5.69 Å². The molecule has 2 aromatic rings. The first-order valence-corrected chi connectivity index (χ1v) is 4.82. The van der Waals surface area contributed by atoms with Crippen LogP contribution < -0.4 is 0 Å². The molecule has 0 spiro atoms. The zero-order valence-electron chi connectivity index (χ0n) is 7.81. The van der Waals surface area contributed by atoms with Gasteiger partial charge >= 0.3 is 0 Å². The van der Waals surface area contributed by atoms with Crippen LogP contribution in [0.15, 0.2) is 22.7 Å². The number of aromatic nitrogens is 1. The Morgan fingerprint density at radius 1 is 1.19 bits per heavy atom. The summed E-state index contributed by atoms with van der Waals surface area (Å²) in [5.41, 5.74) is -0.0916.